The fourth-order valence-corrected chi connectivity index (χ4v) is 3.53. The quantitative estimate of drug-likeness (QED) is 0.144. The number of ether oxygens (including phenoxy) is 2. The Bertz CT molecular complexity index is 1340. The van der Waals surface area contributed by atoms with Gasteiger partial charge in [0.25, 0.3) is 5.91 Å². The lowest BCUT2D eigenvalue weighted by atomic mass is 10.1. The molecule has 12 heteroatoms. The monoisotopic (exact) mass is 521 g/mol. The largest absolute Gasteiger partial charge is 0.490 e. The number of nitrogens with one attached hydrogen (secondary N) is 3. The minimum absolute atomic E-state index is 0.0209. The lowest BCUT2D eigenvalue weighted by Crippen LogP contribution is -2.17. The highest BCUT2D eigenvalue weighted by Gasteiger charge is 2.18. The number of amidine groups is 1. The minimum Gasteiger partial charge on any atom is -0.490 e. The van der Waals surface area contributed by atoms with Crippen LogP contribution < -0.4 is 25.8 Å². The molecule has 38 heavy (non-hydrogen) atoms. The number of aliphatic carboxylic acids is 2. The molecule has 1 aromatic heterocycles. The molecule has 0 saturated carbocycles. The molecule has 0 bridgehead atoms. The van der Waals surface area contributed by atoms with Gasteiger partial charge in [-0.1, -0.05) is 0 Å². The number of nitrogens with zero attached hydrogens (tertiary/aromatic N) is 1. The molecule has 3 rings (SSSR count). The first kappa shape index (κ1) is 27.5. The van der Waals surface area contributed by atoms with E-state index < -0.39 is 24.5 Å². The summed E-state index contributed by atoms with van der Waals surface area (Å²) in [5.41, 5.74) is 7.54. The molecule has 0 aliphatic heterocycles. The number of nitrogen functional groups attached to an aromatic ring is 1. The summed E-state index contributed by atoms with van der Waals surface area (Å²) < 4.78 is 11.1. The van der Waals surface area contributed by atoms with E-state index in [0.717, 1.165) is 0 Å². The van der Waals surface area contributed by atoms with Crippen molar-refractivity contribution in [1.29, 1.82) is 5.41 Å². The fourth-order valence-electron chi connectivity index (χ4n) is 3.53. The molecule has 0 fully saturated rings. The topological polar surface area (TPSA) is 197 Å². The van der Waals surface area contributed by atoms with Gasteiger partial charge >= 0.3 is 11.9 Å². The van der Waals surface area contributed by atoms with Crippen molar-refractivity contribution in [2.45, 2.75) is 19.9 Å². The van der Waals surface area contributed by atoms with Crippen LogP contribution in [0.1, 0.15) is 34.0 Å². The Morgan fingerprint density at radius 1 is 1.05 bits per heavy atom. The third-order valence-electron chi connectivity index (χ3n) is 5.14. The van der Waals surface area contributed by atoms with Crippen molar-refractivity contribution >= 4 is 35.2 Å². The second kappa shape index (κ2) is 12.7. The summed E-state index contributed by atoms with van der Waals surface area (Å²) in [5, 5.41) is 31.6. The highest BCUT2D eigenvalue weighted by Crippen LogP contribution is 2.34. The molecule has 0 saturated heterocycles. The average Bonchev–Trinajstić information content (AvgIpc) is 2.87. The van der Waals surface area contributed by atoms with E-state index in [1.165, 1.54) is 12.3 Å². The molecule has 2 aromatic carbocycles. The summed E-state index contributed by atoms with van der Waals surface area (Å²) in [4.78, 5) is 39.7. The molecule has 198 valence electrons. The highest BCUT2D eigenvalue weighted by atomic mass is 16.5. The Morgan fingerprint density at radius 3 is 2.42 bits per heavy atom. The van der Waals surface area contributed by atoms with Gasteiger partial charge in [-0.25, -0.2) is 9.78 Å². The van der Waals surface area contributed by atoms with Gasteiger partial charge in [0.1, 0.15) is 11.7 Å². The van der Waals surface area contributed by atoms with Gasteiger partial charge in [-0.2, -0.15) is 0 Å². The molecular weight excluding hydrogens is 494 g/mol. The third-order valence-corrected chi connectivity index (χ3v) is 5.14. The molecular formula is C26H27N5O7. The van der Waals surface area contributed by atoms with Gasteiger partial charge in [0, 0.05) is 29.6 Å². The fraction of sp³-hybridized carbons (Fsp3) is 0.192. The number of benzene rings is 2. The number of rotatable bonds is 13. The Morgan fingerprint density at radius 2 is 1.79 bits per heavy atom. The molecule has 0 atom stereocenters. The highest BCUT2D eigenvalue weighted by molar-refractivity contribution is 6.07. The Balaban J connectivity index is 1.87. The van der Waals surface area contributed by atoms with Crippen LogP contribution in [0.25, 0.3) is 0 Å². The Hall–Kier alpha value is -5.13. The second-order valence-electron chi connectivity index (χ2n) is 7.97. The van der Waals surface area contributed by atoms with Crippen LogP contribution in [-0.2, 0) is 22.6 Å². The summed E-state index contributed by atoms with van der Waals surface area (Å²) in [6.45, 7) is 1.36. The minimum atomic E-state index is -1.19. The molecule has 1 heterocycles. The average molecular weight is 522 g/mol. The first-order valence-electron chi connectivity index (χ1n) is 11.5. The van der Waals surface area contributed by atoms with Crippen LogP contribution in [0.3, 0.4) is 0 Å². The number of amides is 1. The molecule has 0 aliphatic carbocycles. The van der Waals surface area contributed by atoms with Gasteiger partial charge in [-0.3, -0.25) is 15.0 Å². The number of aromatic nitrogens is 1. The first-order valence-corrected chi connectivity index (χ1v) is 11.5. The smallest absolute Gasteiger partial charge is 0.341 e. The standard InChI is InChI=1S/C26H27N5O7/c1-2-37-20-11-15(12-21(32)33)10-17(23(20)38-14-22(34)35)13-30-25-19(4-3-9-29-25)26(36)31-18-7-5-16(6-8-18)24(27)28/h3-11H,2,12-14H2,1H3,(H3,27,28)(H,29,30)(H,31,36)(H,32,33)(H,34,35). The van der Waals surface area contributed by atoms with E-state index in [1.807, 2.05) is 0 Å². The molecule has 0 radical (unpaired) electrons. The van der Waals surface area contributed by atoms with Crippen molar-refractivity contribution in [2.24, 2.45) is 5.73 Å². The number of anilines is 2. The zero-order valence-electron chi connectivity index (χ0n) is 20.5. The maximum atomic E-state index is 13.0. The van der Waals surface area contributed by atoms with Crippen LogP contribution in [0.2, 0.25) is 0 Å². The van der Waals surface area contributed by atoms with E-state index >= 15 is 0 Å². The van der Waals surface area contributed by atoms with Crippen LogP contribution in [-0.4, -0.2) is 52.1 Å². The van der Waals surface area contributed by atoms with Crippen LogP contribution in [0.15, 0.2) is 54.7 Å². The van der Waals surface area contributed by atoms with E-state index in [1.54, 1.807) is 49.4 Å². The van der Waals surface area contributed by atoms with Crippen molar-refractivity contribution in [3.8, 4) is 11.5 Å². The molecule has 0 aliphatic rings. The molecule has 7 N–H and O–H groups in total. The first-order chi connectivity index (χ1) is 18.2. The number of hydrogen-bond acceptors (Lipinski definition) is 8. The maximum absolute atomic E-state index is 13.0. The lowest BCUT2D eigenvalue weighted by Gasteiger charge is -2.18. The van der Waals surface area contributed by atoms with Crippen molar-refractivity contribution in [2.75, 3.05) is 23.8 Å². The zero-order chi connectivity index (χ0) is 27.7. The van der Waals surface area contributed by atoms with Crippen molar-refractivity contribution in [1.82, 2.24) is 4.98 Å². The summed E-state index contributed by atoms with van der Waals surface area (Å²) in [6, 6.07) is 12.7. The van der Waals surface area contributed by atoms with Crippen LogP contribution in [0.5, 0.6) is 11.5 Å². The van der Waals surface area contributed by atoms with Crippen molar-refractivity contribution in [3.05, 3.63) is 77.0 Å². The molecule has 12 nitrogen and oxygen atoms in total. The normalized spacial score (nSPS) is 10.3. The van der Waals surface area contributed by atoms with Crippen LogP contribution in [0, 0.1) is 5.41 Å². The van der Waals surface area contributed by atoms with Gasteiger partial charge < -0.3 is 36.1 Å². The maximum Gasteiger partial charge on any atom is 0.341 e. The number of carbonyl (C=O) groups is 3. The number of pyridine rings is 1. The number of carboxylic acids is 2. The van der Waals surface area contributed by atoms with Gasteiger partial charge in [0.2, 0.25) is 0 Å². The van der Waals surface area contributed by atoms with Gasteiger partial charge in [0.15, 0.2) is 18.1 Å². The van der Waals surface area contributed by atoms with Gasteiger partial charge in [-0.05, 0) is 61.0 Å². The van der Waals surface area contributed by atoms with Crippen LogP contribution in [0.4, 0.5) is 11.5 Å². The van der Waals surface area contributed by atoms with E-state index in [4.69, 9.17) is 25.7 Å². The van der Waals surface area contributed by atoms with E-state index in [2.05, 4.69) is 15.6 Å². The van der Waals surface area contributed by atoms with Crippen molar-refractivity contribution < 1.29 is 34.1 Å². The third kappa shape index (κ3) is 7.43. The van der Waals surface area contributed by atoms with E-state index in [9.17, 15) is 19.5 Å². The zero-order valence-corrected chi connectivity index (χ0v) is 20.5. The summed E-state index contributed by atoms with van der Waals surface area (Å²) in [5.74, 6) is -2.20. The molecule has 1 amide bonds. The van der Waals surface area contributed by atoms with Crippen molar-refractivity contribution in [3.63, 3.8) is 0 Å². The molecule has 0 unspecified atom stereocenters. The van der Waals surface area contributed by atoms with Crippen LogP contribution >= 0.6 is 0 Å². The summed E-state index contributed by atoms with van der Waals surface area (Å²) in [7, 11) is 0. The number of hydrogen-bond donors (Lipinski definition) is 6. The van der Waals surface area contributed by atoms with Gasteiger partial charge in [-0.15, -0.1) is 0 Å². The molecule has 0 spiro atoms. The Labute approximate surface area is 217 Å². The summed E-state index contributed by atoms with van der Waals surface area (Å²) in [6.07, 6.45) is 1.21. The predicted octanol–water partition coefficient (Wildman–Crippen LogP) is 2.72. The Kier molecular flexibility index (Phi) is 9.19. The molecule has 3 aromatic rings. The second-order valence-corrected chi connectivity index (χ2v) is 7.97. The summed E-state index contributed by atoms with van der Waals surface area (Å²) >= 11 is 0. The van der Waals surface area contributed by atoms with Gasteiger partial charge in [0.05, 0.1) is 18.6 Å². The number of carboxylic acid groups (broad SMARTS) is 2. The number of nitrogens with two attached hydrogens (primary N) is 1. The number of carbonyl (C=O) groups excluding carboxylic acids is 1. The SMILES string of the molecule is CCOc1cc(CC(=O)O)cc(CNc2ncccc2C(=O)Nc2ccc(C(=N)N)cc2)c1OCC(=O)O. The lowest BCUT2D eigenvalue weighted by molar-refractivity contribution is -0.139. The predicted molar refractivity (Wildman–Crippen MR) is 139 cm³/mol. The van der Waals surface area contributed by atoms with E-state index in [-0.39, 0.29) is 48.3 Å². The van der Waals surface area contributed by atoms with E-state index in [0.29, 0.717) is 22.4 Å².